The number of benzene rings is 1. The summed E-state index contributed by atoms with van der Waals surface area (Å²) in [5, 5.41) is 12.7. The largest absolute Gasteiger partial charge is 0.493 e. The number of carbonyl (C=O) groups is 1. The van der Waals surface area contributed by atoms with Gasteiger partial charge in [-0.15, -0.1) is 0 Å². The van der Waals surface area contributed by atoms with Gasteiger partial charge in [0.25, 0.3) is 0 Å². The zero-order chi connectivity index (χ0) is 14.0. The maximum atomic E-state index is 11.2. The zero-order valence-electron chi connectivity index (χ0n) is 10.9. The first-order valence-electron chi connectivity index (χ1n) is 5.56. The Morgan fingerprint density at radius 3 is 2.05 bits per heavy atom. The highest BCUT2D eigenvalue weighted by Gasteiger charge is 2.29. The molecule has 3 N–H and O–H groups in total. The SMILES string of the molecule is COc1cc(C2NC(=O)NC2=N)cc(OC)c1OC. The van der Waals surface area contributed by atoms with Crippen LogP contribution in [0.4, 0.5) is 4.79 Å². The maximum Gasteiger partial charge on any atom is 0.321 e. The Kier molecular flexibility index (Phi) is 3.46. The van der Waals surface area contributed by atoms with Crippen molar-refractivity contribution < 1.29 is 19.0 Å². The third-order valence-electron chi connectivity index (χ3n) is 2.83. The molecule has 1 atom stereocenters. The molecule has 1 aliphatic heterocycles. The predicted octanol–water partition coefficient (Wildman–Crippen LogP) is 1.04. The molecule has 2 amide bonds. The zero-order valence-corrected chi connectivity index (χ0v) is 10.9. The van der Waals surface area contributed by atoms with E-state index in [9.17, 15) is 4.79 Å². The Morgan fingerprint density at radius 2 is 1.68 bits per heavy atom. The molecule has 0 aliphatic carbocycles. The van der Waals surface area contributed by atoms with Gasteiger partial charge in [0.05, 0.1) is 21.3 Å². The van der Waals surface area contributed by atoms with Gasteiger partial charge in [0.1, 0.15) is 11.9 Å². The molecule has 0 radical (unpaired) electrons. The average molecular weight is 265 g/mol. The number of urea groups is 1. The van der Waals surface area contributed by atoms with Crippen molar-refractivity contribution in [1.29, 1.82) is 5.41 Å². The summed E-state index contributed by atoms with van der Waals surface area (Å²) in [7, 11) is 4.54. The Bertz CT molecular complexity index is 505. The van der Waals surface area contributed by atoms with Crippen LogP contribution in [0.15, 0.2) is 12.1 Å². The lowest BCUT2D eigenvalue weighted by Gasteiger charge is -2.16. The molecular weight excluding hydrogens is 250 g/mol. The van der Waals surface area contributed by atoms with Crippen molar-refractivity contribution in [3.8, 4) is 17.2 Å². The molecule has 1 saturated heterocycles. The van der Waals surface area contributed by atoms with Crippen molar-refractivity contribution in [3.05, 3.63) is 17.7 Å². The van der Waals surface area contributed by atoms with E-state index in [1.165, 1.54) is 21.3 Å². The molecule has 0 spiro atoms. The second-order valence-corrected chi connectivity index (χ2v) is 3.90. The minimum Gasteiger partial charge on any atom is -0.493 e. The normalized spacial score (nSPS) is 17.7. The number of amides is 2. The van der Waals surface area contributed by atoms with Gasteiger partial charge in [-0.3, -0.25) is 10.7 Å². The van der Waals surface area contributed by atoms with Crippen LogP contribution in [-0.2, 0) is 0 Å². The maximum absolute atomic E-state index is 11.2. The fourth-order valence-electron chi connectivity index (χ4n) is 1.95. The van der Waals surface area contributed by atoms with Gasteiger partial charge < -0.3 is 19.5 Å². The molecule has 0 saturated carbocycles. The molecular formula is C12H15N3O4. The summed E-state index contributed by atoms with van der Waals surface area (Å²) in [5.74, 6) is 1.51. The summed E-state index contributed by atoms with van der Waals surface area (Å²) in [5.41, 5.74) is 0.679. The molecule has 1 aromatic carbocycles. The van der Waals surface area contributed by atoms with Crippen molar-refractivity contribution in [2.45, 2.75) is 6.04 Å². The van der Waals surface area contributed by atoms with E-state index >= 15 is 0 Å². The average Bonchev–Trinajstić information content (AvgIpc) is 2.75. The van der Waals surface area contributed by atoms with Crippen LogP contribution in [-0.4, -0.2) is 33.2 Å². The highest BCUT2D eigenvalue weighted by atomic mass is 16.5. The van der Waals surface area contributed by atoms with Crippen molar-refractivity contribution in [2.24, 2.45) is 0 Å². The van der Waals surface area contributed by atoms with Crippen LogP contribution in [0, 0.1) is 5.41 Å². The van der Waals surface area contributed by atoms with E-state index in [4.69, 9.17) is 19.6 Å². The second kappa shape index (κ2) is 5.05. The Labute approximate surface area is 110 Å². The summed E-state index contributed by atoms with van der Waals surface area (Å²) in [4.78, 5) is 11.2. The number of amidine groups is 1. The van der Waals surface area contributed by atoms with Crippen molar-refractivity contribution >= 4 is 11.9 Å². The number of nitrogens with one attached hydrogen (secondary N) is 3. The predicted molar refractivity (Wildman–Crippen MR) is 68.2 cm³/mol. The van der Waals surface area contributed by atoms with Gasteiger partial charge in [-0.1, -0.05) is 0 Å². The van der Waals surface area contributed by atoms with E-state index in [0.717, 1.165) is 0 Å². The first-order valence-corrected chi connectivity index (χ1v) is 5.56. The number of hydrogen-bond donors (Lipinski definition) is 3. The van der Waals surface area contributed by atoms with Crippen molar-refractivity contribution in [3.63, 3.8) is 0 Å². The van der Waals surface area contributed by atoms with Gasteiger partial charge in [0.2, 0.25) is 5.75 Å². The number of ether oxygens (including phenoxy) is 3. The van der Waals surface area contributed by atoms with Gasteiger partial charge in [-0.25, -0.2) is 4.79 Å². The molecule has 1 fully saturated rings. The minimum atomic E-state index is -0.541. The third kappa shape index (κ3) is 2.26. The van der Waals surface area contributed by atoms with Crippen molar-refractivity contribution in [2.75, 3.05) is 21.3 Å². The van der Waals surface area contributed by atoms with E-state index < -0.39 is 12.1 Å². The van der Waals surface area contributed by atoms with E-state index in [-0.39, 0.29) is 5.84 Å². The van der Waals surface area contributed by atoms with Gasteiger partial charge in [0, 0.05) is 0 Å². The summed E-state index contributed by atoms with van der Waals surface area (Å²) >= 11 is 0. The first-order chi connectivity index (χ1) is 9.10. The summed E-state index contributed by atoms with van der Waals surface area (Å²) < 4.78 is 15.7. The fourth-order valence-corrected chi connectivity index (χ4v) is 1.95. The fraction of sp³-hybridized carbons (Fsp3) is 0.333. The molecule has 102 valence electrons. The Morgan fingerprint density at radius 1 is 1.11 bits per heavy atom. The molecule has 0 aromatic heterocycles. The Balaban J connectivity index is 2.47. The van der Waals surface area contributed by atoms with Gasteiger partial charge >= 0.3 is 6.03 Å². The number of hydrogen-bond acceptors (Lipinski definition) is 5. The third-order valence-corrected chi connectivity index (χ3v) is 2.83. The Hall–Kier alpha value is -2.44. The summed E-state index contributed by atoms with van der Waals surface area (Å²) in [6.07, 6.45) is 0. The van der Waals surface area contributed by atoms with E-state index in [2.05, 4.69) is 10.6 Å². The molecule has 7 heteroatoms. The molecule has 0 bridgehead atoms. The molecule has 1 aromatic rings. The molecule has 1 unspecified atom stereocenters. The molecule has 7 nitrogen and oxygen atoms in total. The van der Waals surface area contributed by atoms with Crippen molar-refractivity contribution in [1.82, 2.24) is 10.6 Å². The second-order valence-electron chi connectivity index (χ2n) is 3.90. The van der Waals surface area contributed by atoms with Crippen LogP contribution in [0.2, 0.25) is 0 Å². The standard InChI is InChI=1S/C12H15N3O4/c1-17-7-4-6(5-8(18-2)10(7)19-3)9-11(13)15-12(16)14-9/h4-5,9H,1-3H3,(H3,13,14,15,16). The van der Waals surface area contributed by atoms with E-state index in [1.54, 1.807) is 12.1 Å². The van der Waals surface area contributed by atoms with Crippen LogP contribution >= 0.6 is 0 Å². The van der Waals surface area contributed by atoms with Crippen LogP contribution in [0.1, 0.15) is 11.6 Å². The van der Waals surface area contributed by atoms with Gasteiger partial charge in [-0.2, -0.15) is 0 Å². The first kappa shape index (κ1) is 13.0. The topological polar surface area (TPSA) is 92.7 Å². The molecule has 2 rings (SSSR count). The van der Waals surface area contributed by atoms with Crippen LogP contribution in [0.25, 0.3) is 0 Å². The molecule has 1 heterocycles. The lowest BCUT2D eigenvalue weighted by Crippen LogP contribution is -2.22. The van der Waals surface area contributed by atoms with Gasteiger partial charge in [0.15, 0.2) is 11.5 Å². The smallest absolute Gasteiger partial charge is 0.321 e. The van der Waals surface area contributed by atoms with E-state index in [0.29, 0.717) is 22.8 Å². The quantitative estimate of drug-likeness (QED) is 0.758. The van der Waals surface area contributed by atoms with Crippen LogP contribution in [0.5, 0.6) is 17.2 Å². The highest BCUT2D eigenvalue weighted by Crippen LogP contribution is 2.40. The monoisotopic (exact) mass is 265 g/mol. The lowest BCUT2D eigenvalue weighted by atomic mass is 10.1. The molecule has 1 aliphatic rings. The minimum absolute atomic E-state index is 0.0827. The van der Waals surface area contributed by atoms with Crippen LogP contribution in [0.3, 0.4) is 0 Å². The number of rotatable bonds is 4. The summed E-state index contributed by atoms with van der Waals surface area (Å²) in [6.45, 7) is 0. The highest BCUT2D eigenvalue weighted by molar-refractivity contribution is 6.06. The lowest BCUT2D eigenvalue weighted by molar-refractivity contribution is 0.248. The summed E-state index contributed by atoms with van der Waals surface area (Å²) in [6, 6.07) is 2.46. The van der Waals surface area contributed by atoms with E-state index in [1.807, 2.05) is 0 Å². The van der Waals surface area contributed by atoms with Crippen LogP contribution < -0.4 is 24.8 Å². The van der Waals surface area contributed by atoms with Gasteiger partial charge in [-0.05, 0) is 17.7 Å². The number of carbonyl (C=O) groups excluding carboxylic acids is 1. The molecule has 19 heavy (non-hydrogen) atoms. The number of methoxy groups -OCH3 is 3.